The number of hydrogen-bond acceptors (Lipinski definition) is 5. The van der Waals surface area contributed by atoms with Gasteiger partial charge in [-0.05, 0) is 43.3 Å². The average molecular weight is 429 g/mol. The Morgan fingerprint density at radius 1 is 0.903 bits per heavy atom. The van der Waals surface area contributed by atoms with Gasteiger partial charge in [0.15, 0.2) is 11.6 Å². The van der Waals surface area contributed by atoms with Crippen molar-refractivity contribution >= 4 is 29.1 Å². The van der Waals surface area contributed by atoms with Crippen LogP contribution in [-0.4, -0.2) is 32.2 Å². The molecule has 0 fully saturated rings. The van der Waals surface area contributed by atoms with E-state index in [1.165, 1.54) is 18.7 Å². The molecule has 6 nitrogen and oxygen atoms in total. The molecule has 0 bridgehead atoms. The van der Waals surface area contributed by atoms with E-state index in [1.54, 1.807) is 28.9 Å². The lowest BCUT2D eigenvalue weighted by Crippen LogP contribution is -2.14. The minimum atomic E-state index is -0.169. The molecule has 0 unspecified atom stereocenters. The third-order valence-corrected chi connectivity index (χ3v) is 5.37. The van der Waals surface area contributed by atoms with Crippen LogP contribution in [0.25, 0.3) is 17.1 Å². The summed E-state index contributed by atoms with van der Waals surface area (Å²) in [5.41, 5.74) is 3.09. The summed E-state index contributed by atoms with van der Waals surface area (Å²) in [6.45, 7) is 1.51. The van der Waals surface area contributed by atoms with Gasteiger partial charge in [0.1, 0.15) is 0 Å². The van der Waals surface area contributed by atoms with E-state index in [4.69, 9.17) is 0 Å². The quantitative estimate of drug-likeness (QED) is 0.336. The van der Waals surface area contributed by atoms with Gasteiger partial charge in [-0.15, -0.1) is 5.10 Å². The van der Waals surface area contributed by atoms with Crippen LogP contribution in [-0.2, 0) is 4.79 Å². The monoisotopic (exact) mass is 428 g/mol. The number of anilines is 1. The van der Waals surface area contributed by atoms with E-state index in [-0.39, 0.29) is 17.4 Å². The highest BCUT2D eigenvalue weighted by Crippen LogP contribution is 2.25. The predicted molar refractivity (Wildman–Crippen MR) is 123 cm³/mol. The van der Waals surface area contributed by atoms with Crippen molar-refractivity contribution < 1.29 is 9.59 Å². The molecule has 0 spiro atoms. The first-order chi connectivity index (χ1) is 15.1. The van der Waals surface area contributed by atoms with Gasteiger partial charge in [-0.1, -0.05) is 60.3 Å². The Hall–Kier alpha value is -3.71. The van der Waals surface area contributed by atoms with Gasteiger partial charge in [0.05, 0.1) is 11.4 Å². The second kappa shape index (κ2) is 9.40. The van der Waals surface area contributed by atoms with Gasteiger partial charge < -0.3 is 5.32 Å². The summed E-state index contributed by atoms with van der Waals surface area (Å²) in [6.07, 6.45) is 0. The highest BCUT2D eigenvalue weighted by atomic mass is 32.2. The second-order valence-electron chi connectivity index (χ2n) is 6.80. The van der Waals surface area contributed by atoms with Gasteiger partial charge in [-0.2, -0.15) is 0 Å². The van der Waals surface area contributed by atoms with Gasteiger partial charge in [0.2, 0.25) is 11.1 Å². The molecule has 0 saturated carbocycles. The zero-order valence-electron chi connectivity index (χ0n) is 16.9. The Labute approximate surface area is 184 Å². The molecule has 31 heavy (non-hydrogen) atoms. The van der Waals surface area contributed by atoms with Crippen molar-refractivity contribution in [2.45, 2.75) is 12.1 Å². The van der Waals surface area contributed by atoms with Crippen molar-refractivity contribution in [3.8, 4) is 17.1 Å². The summed E-state index contributed by atoms with van der Waals surface area (Å²) in [4.78, 5) is 28.4. The molecule has 0 aliphatic carbocycles. The molecule has 3 aromatic carbocycles. The molecule has 154 valence electrons. The van der Waals surface area contributed by atoms with E-state index >= 15 is 0 Å². The molecule has 4 aromatic rings. The fourth-order valence-electron chi connectivity index (χ4n) is 2.99. The van der Waals surface area contributed by atoms with Crippen LogP contribution < -0.4 is 5.32 Å². The number of amides is 1. The van der Waals surface area contributed by atoms with Crippen LogP contribution in [0.3, 0.4) is 0 Å². The van der Waals surface area contributed by atoms with Crippen LogP contribution in [0.5, 0.6) is 0 Å². The van der Waals surface area contributed by atoms with E-state index in [9.17, 15) is 9.59 Å². The lowest BCUT2D eigenvalue weighted by molar-refractivity contribution is -0.113. The first-order valence-corrected chi connectivity index (χ1v) is 10.7. The van der Waals surface area contributed by atoms with Crippen molar-refractivity contribution in [3.63, 3.8) is 0 Å². The van der Waals surface area contributed by atoms with E-state index < -0.39 is 0 Å². The summed E-state index contributed by atoms with van der Waals surface area (Å²) >= 11 is 1.27. The molecule has 0 radical (unpaired) electrons. The standard InChI is InChI=1S/C24H20N4O2S/c1-17(29)18-12-14-20(15-13-18)25-22(30)16-31-24-26-23(19-8-4-2-5-9-19)28(27-24)21-10-6-3-7-11-21/h2-15H,16H2,1H3,(H,25,30). The second-order valence-corrected chi connectivity index (χ2v) is 7.74. The van der Waals surface area contributed by atoms with Gasteiger partial charge in [0, 0.05) is 16.8 Å². The molecular weight excluding hydrogens is 408 g/mol. The summed E-state index contributed by atoms with van der Waals surface area (Å²) in [6, 6.07) is 26.4. The number of aromatic nitrogens is 3. The number of benzene rings is 3. The first-order valence-electron chi connectivity index (χ1n) is 9.72. The maximum atomic E-state index is 12.4. The SMILES string of the molecule is CC(=O)c1ccc(NC(=O)CSc2nc(-c3ccccc3)n(-c3ccccc3)n2)cc1. The summed E-state index contributed by atoms with van der Waals surface area (Å²) < 4.78 is 1.79. The van der Waals surface area contributed by atoms with Crippen LogP contribution in [0.4, 0.5) is 5.69 Å². The van der Waals surface area contributed by atoms with Crippen molar-refractivity contribution in [2.75, 3.05) is 11.1 Å². The van der Waals surface area contributed by atoms with Gasteiger partial charge >= 0.3 is 0 Å². The molecule has 0 aliphatic heterocycles. The van der Waals surface area contributed by atoms with Crippen molar-refractivity contribution in [1.82, 2.24) is 14.8 Å². The number of rotatable bonds is 7. The normalized spacial score (nSPS) is 10.6. The number of Topliss-reactive ketones (excluding diaryl/α,β-unsaturated/α-hetero) is 1. The zero-order chi connectivity index (χ0) is 21.6. The number of carbonyl (C=O) groups excluding carboxylic acids is 2. The van der Waals surface area contributed by atoms with E-state index in [0.29, 0.717) is 16.4 Å². The predicted octanol–water partition coefficient (Wildman–Crippen LogP) is 4.87. The molecule has 1 N–H and O–H groups in total. The lowest BCUT2D eigenvalue weighted by Gasteiger charge is -2.05. The molecule has 1 heterocycles. The molecule has 1 amide bonds. The zero-order valence-corrected chi connectivity index (χ0v) is 17.7. The number of carbonyl (C=O) groups is 2. The van der Waals surface area contributed by atoms with Gasteiger partial charge in [-0.3, -0.25) is 9.59 Å². The van der Waals surface area contributed by atoms with E-state index in [1.807, 2.05) is 60.7 Å². The Balaban J connectivity index is 1.49. The highest BCUT2D eigenvalue weighted by Gasteiger charge is 2.15. The van der Waals surface area contributed by atoms with Crippen molar-refractivity contribution in [1.29, 1.82) is 0 Å². The molecule has 1 aromatic heterocycles. The molecule has 4 rings (SSSR count). The molecule has 0 atom stereocenters. The van der Waals surface area contributed by atoms with E-state index in [2.05, 4.69) is 15.4 Å². The minimum absolute atomic E-state index is 0.0114. The van der Waals surface area contributed by atoms with Crippen LogP contribution in [0, 0.1) is 0 Å². The first kappa shape index (κ1) is 20.6. The fraction of sp³-hybridized carbons (Fsp3) is 0.0833. The summed E-state index contributed by atoms with van der Waals surface area (Å²) in [5, 5.41) is 7.97. The maximum absolute atomic E-state index is 12.4. The lowest BCUT2D eigenvalue weighted by atomic mass is 10.1. The number of hydrogen-bond donors (Lipinski definition) is 1. The number of para-hydroxylation sites is 1. The third-order valence-electron chi connectivity index (χ3n) is 4.53. The van der Waals surface area contributed by atoms with Crippen molar-refractivity contribution in [3.05, 3.63) is 90.5 Å². The van der Waals surface area contributed by atoms with Gasteiger partial charge in [0.25, 0.3) is 0 Å². The Morgan fingerprint density at radius 2 is 1.55 bits per heavy atom. The third kappa shape index (κ3) is 5.07. The number of nitrogens with zero attached hydrogens (tertiary/aromatic N) is 3. The van der Waals surface area contributed by atoms with Crippen LogP contribution in [0.1, 0.15) is 17.3 Å². The van der Waals surface area contributed by atoms with Crippen molar-refractivity contribution in [2.24, 2.45) is 0 Å². The highest BCUT2D eigenvalue weighted by molar-refractivity contribution is 7.99. The van der Waals surface area contributed by atoms with Crippen LogP contribution in [0.2, 0.25) is 0 Å². The number of ketones is 1. The smallest absolute Gasteiger partial charge is 0.234 e. The van der Waals surface area contributed by atoms with Crippen LogP contribution >= 0.6 is 11.8 Å². The summed E-state index contributed by atoms with van der Waals surface area (Å²) in [5.74, 6) is 0.705. The Bertz CT molecular complexity index is 1130. The molecule has 0 saturated heterocycles. The maximum Gasteiger partial charge on any atom is 0.234 e. The van der Waals surface area contributed by atoms with Gasteiger partial charge in [-0.25, -0.2) is 9.67 Å². The minimum Gasteiger partial charge on any atom is -0.325 e. The largest absolute Gasteiger partial charge is 0.325 e. The number of nitrogens with one attached hydrogen (secondary N) is 1. The fourth-order valence-corrected chi connectivity index (χ4v) is 3.62. The van der Waals surface area contributed by atoms with Crippen LogP contribution in [0.15, 0.2) is 90.1 Å². The molecule has 7 heteroatoms. The average Bonchev–Trinajstić information content (AvgIpc) is 3.24. The van der Waals surface area contributed by atoms with E-state index in [0.717, 1.165) is 17.1 Å². The summed E-state index contributed by atoms with van der Waals surface area (Å²) in [7, 11) is 0. The number of thioether (sulfide) groups is 1. The Kier molecular flexibility index (Phi) is 6.24. The molecule has 0 aliphatic rings. The Morgan fingerprint density at radius 3 is 2.19 bits per heavy atom. The molecular formula is C24H20N4O2S. The topological polar surface area (TPSA) is 76.9 Å².